The molecule has 0 radical (unpaired) electrons. The molecular weight excluding hydrogens is 320 g/mol. The van der Waals surface area contributed by atoms with Crippen LogP contribution in [0.4, 0.5) is 4.79 Å². The molecular formula is C19H24N2O4. The maximum absolute atomic E-state index is 11.7. The molecule has 1 aromatic heterocycles. The number of carbonyl (C=O) groups is 1. The average molecular weight is 344 g/mol. The van der Waals surface area contributed by atoms with Crippen molar-refractivity contribution in [2.45, 2.75) is 44.8 Å². The Kier molecular flexibility index (Phi) is 3.42. The molecule has 6 nitrogen and oxygen atoms in total. The number of aromatic hydroxyl groups is 2. The van der Waals surface area contributed by atoms with Gasteiger partial charge in [-0.3, -0.25) is 4.57 Å². The molecule has 1 heterocycles. The Labute approximate surface area is 146 Å². The molecule has 0 aliphatic heterocycles. The van der Waals surface area contributed by atoms with Gasteiger partial charge in [0.2, 0.25) is 0 Å². The Morgan fingerprint density at radius 2 is 1.60 bits per heavy atom. The van der Waals surface area contributed by atoms with Crippen molar-refractivity contribution in [1.29, 1.82) is 0 Å². The molecule has 4 aliphatic carbocycles. The van der Waals surface area contributed by atoms with Crippen LogP contribution in [-0.4, -0.2) is 33.0 Å². The minimum absolute atomic E-state index is 0.108. The van der Waals surface area contributed by atoms with Crippen LogP contribution in [0.5, 0.6) is 11.8 Å². The van der Waals surface area contributed by atoms with Crippen molar-refractivity contribution in [3.8, 4) is 11.8 Å². The van der Waals surface area contributed by atoms with Gasteiger partial charge in [0.15, 0.2) is 11.8 Å². The van der Waals surface area contributed by atoms with Gasteiger partial charge < -0.3 is 20.3 Å². The Hall–Kier alpha value is -2.37. The third kappa shape index (κ3) is 2.42. The number of alkyl carbamates (subject to hydrolysis) is 1. The highest BCUT2D eigenvalue weighted by atomic mass is 16.6. The first kappa shape index (κ1) is 16.1. The molecule has 1 aromatic rings. The fourth-order valence-corrected chi connectivity index (χ4v) is 4.24. The van der Waals surface area contributed by atoms with Gasteiger partial charge in [-0.2, -0.15) is 0 Å². The lowest BCUT2D eigenvalue weighted by molar-refractivity contribution is 0.0525. The molecule has 134 valence electrons. The summed E-state index contributed by atoms with van der Waals surface area (Å²) in [7, 11) is 0. The van der Waals surface area contributed by atoms with Crippen LogP contribution in [0.25, 0.3) is 0 Å². The molecule has 5 rings (SSSR count). The highest BCUT2D eigenvalue weighted by Crippen LogP contribution is 2.61. The summed E-state index contributed by atoms with van der Waals surface area (Å²) in [4.78, 5) is 11.7. The number of nitrogens with one attached hydrogen (secondary N) is 1. The van der Waals surface area contributed by atoms with Crippen molar-refractivity contribution in [3.63, 3.8) is 0 Å². The second kappa shape index (κ2) is 5.31. The zero-order valence-electron chi connectivity index (χ0n) is 14.7. The van der Waals surface area contributed by atoms with Crippen LogP contribution < -0.4 is 5.32 Å². The monoisotopic (exact) mass is 344 g/mol. The fourth-order valence-electron chi connectivity index (χ4n) is 4.24. The predicted molar refractivity (Wildman–Crippen MR) is 92.7 cm³/mol. The minimum Gasteiger partial charge on any atom is -0.494 e. The molecule has 4 aliphatic rings. The third-order valence-corrected chi connectivity index (χ3v) is 5.31. The van der Waals surface area contributed by atoms with Gasteiger partial charge in [0, 0.05) is 36.1 Å². The maximum atomic E-state index is 11.7. The fraction of sp³-hybridized carbons (Fsp3) is 0.526. The number of hydrogen-bond donors (Lipinski definition) is 3. The van der Waals surface area contributed by atoms with Crippen LogP contribution in [-0.2, 0) is 11.3 Å². The van der Waals surface area contributed by atoms with E-state index in [0.29, 0.717) is 11.8 Å². The second-order valence-corrected chi connectivity index (χ2v) is 8.03. The van der Waals surface area contributed by atoms with Gasteiger partial charge >= 0.3 is 6.09 Å². The largest absolute Gasteiger partial charge is 0.494 e. The summed E-state index contributed by atoms with van der Waals surface area (Å²) >= 11 is 0. The van der Waals surface area contributed by atoms with E-state index in [0.717, 1.165) is 11.1 Å². The Balaban J connectivity index is 1.50. The standard InChI is InChI=1S/C19H24N2O4/c1-19(2,3)25-18(24)20-8-9-21-16(22)14-12-6-7-13(15(14)17(21)23)11-5-4-10(11)12/h4-7,10-13,22-23H,8-9H2,1-3H3,(H,20,24). The normalized spacial score (nSPS) is 28.3. The molecule has 0 spiro atoms. The van der Waals surface area contributed by atoms with Crippen molar-refractivity contribution < 1.29 is 19.7 Å². The summed E-state index contributed by atoms with van der Waals surface area (Å²) in [5.41, 5.74) is 1.12. The van der Waals surface area contributed by atoms with E-state index in [1.807, 2.05) is 0 Å². The SMILES string of the molecule is CC(C)(C)OC(=O)NCCn1c(O)c2c(c1O)C1C=CC2C2C=CC12. The lowest BCUT2D eigenvalue weighted by atomic mass is 9.56. The van der Waals surface area contributed by atoms with Gasteiger partial charge in [0.05, 0.1) is 0 Å². The van der Waals surface area contributed by atoms with Crippen molar-refractivity contribution in [1.82, 2.24) is 9.88 Å². The van der Waals surface area contributed by atoms with Crippen molar-refractivity contribution in [2.24, 2.45) is 11.8 Å². The summed E-state index contributed by atoms with van der Waals surface area (Å²) in [6.07, 6.45) is 8.15. The van der Waals surface area contributed by atoms with Crippen molar-refractivity contribution in [2.75, 3.05) is 6.54 Å². The molecule has 4 atom stereocenters. The minimum atomic E-state index is -0.557. The molecule has 3 N–H and O–H groups in total. The van der Waals surface area contributed by atoms with Gasteiger partial charge in [-0.25, -0.2) is 4.79 Å². The van der Waals surface area contributed by atoms with Gasteiger partial charge in [-0.15, -0.1) is 0 Å². The van der Waals surface area contributed by atoms with Gasteiger partial charge in [0.1, 0.15) is 5.60 Å². The van der Waals surface area contributed by atoms with E-state index in [1.165, 1.54) is 4.57 Å². The average Bonchev–Trinajstić information content (AvgIpc) is 2.71. The van der Waals surface area contributed by atoms with Crippen molar-refractivity contribution in [3.05, 3.63) is 35.4 Å². The van der Waals surface area contributed by atoms with Crippen molar-refractivity contribution >= 4 is 6.09 Å². The first-order valence-electron chi connectivity index (χ1n) is 8.75. The summed E-state index contributed by atoms with van der Waals surface area (Å²) < 4.78 is 6.68. The Morgan fingerprint density at radius 3 is 2.04 bits per heavy atom. The third-order valence-electron chi connectivity index (χ3n) is 5.31. The van der Waals surface area contributed by atoms with Gasteiger partial charge in [-0.05, 0) is 32.6 Å². The lowest BCUT2D eigenvalue weighted by Gasteiger charge is -2.47. The number of hydrogen-bond acceptors (Lipinski definition) is 4. The summed E-state index contributed by atoms with van der Waals surface area (Å²) in [5, 5.41) is 24.0. The number of rotatable bonds is 3. The molecule has 2 bridgehead atoms. The molecule has 4 unspecified atom stereocenters. The van der Waals surface area contributed by atoms with E-state index in [1.54, 1.807) is 20.8 Å². The number of amides is 1. The second-order valence-electron chi connectivity index (χ2n) is 8.03. The molecule has 0 saturated carbocycles. The molecule has 0 aromatic carbocycles. The number of aromatic nitrogens is 1. The van der Waals surface area contributed by atoms with E-state index in [9.17, 15) is 15.0 Å². The molecule has 0 fully saturated rings. The van der Waals surface area contributed by atoms with Gasteiger partial charge in [0.25, 0.3) is 0 Å². The van der Waals surface area contributed by atoms with E-state index in [4.69, 9.17) is 4.74 Å². The highest BCUT2D eigenvalue weighted by Gasteiger charge is 2.49. The van der Waals surface area contributed by atoms with Crippen LogP contribution in [0, 0.1) is 11.8 Å². The number of ether oxygens (including phenoxy) is 1. The van der Waals surface area contributed by atoms with Gasteiger partial charge in [-0.1, -0.05) is 24.3 Å². The number of allylic oxidation sites excluding steroid dienone is 4. The van der Waals surface area contributed by atoms with Crippen LogP contribution in [0.15, 0.2) is 24.3 Å². The smallest absolute Gasteiger partial charge is 0.407 e. The first-order chi connectivity index (χ1) is 11.8. The highest BCUT2D eigenvalue weighted by molar-refractivity contribution is 5.67. The summed E-state index contributed by atoms with van der Waals surface area (Å²) in [6.45, 7) is 5.95. The Morgan fingerprint density at radius 1 is 1.08 bits per heavy atom. The van der Waals surface area contributed by atoms with E-state index >= 15 is 0 Å². The molecule has 1 amide bonds. The predicted octanol–water partition coefficient (Wildman–Crippen LogP) is 2.98. The van der Waals surface area contributed by atoms with Crippen LogP contribution >= 0.6 is 0 Å². The first-order valence-corrected chi connectivity index (χ1v) is 8.75. The quantitative estimate of drug-likeness (QED) is 0.736. The molecule has 0 saturated heterocycles. The molecule has 25 heavy (non-hydrogen) atoms. The van der Waals surface area contributed by atoms with E-state index < -0.39 is 11.7 Å². The van der Waals surface area contributed by atoms with Crippen LogP contribution in [0.1, 0.15) is 43.7 Å². The van der Waals surface area contributed by atoms with E-state index in [2.05, 4.69) is 29.6 Å². The zero-order valence-corrected chi connectivity index (χ0v) is 14.7. The van der Waals surface area contributed by atoms with Crippen LogP contribution in [0.3, 0.4) is 0 Å². The lowest BCUT2D eigenvalue weighted by Crippen LogP contribution is -2.36. The summed E-state index contributed by atoms with van der Waals surface area (Å²) in [5.74, 6) is 1.31. The number of carbonyl (C=O) groups excluding carboxylic acids is 1. The number of nitrogens with zero attached hydrogens (tertiary/aromatic N) is 1. The Bertz CT molecular complexity index is 739. The maximum Gasteiger partial charge on any atom is 0.407 e. The van der Waals surface area contributed by atoms with Crippen LogP contribution in [0.2, 0.25) is 0 Å². The van der Waals surface area contributed by atoms with E-state index in [-0.39, 0.29) is 36.7 Å². The molecule has 6 heteroatoms. The zero-order chi connectivity index (χ0) is 17.9. The topological polar surface area (TPSA) is 83.7 Å². The summed E-state index contributed by atoms with van der Waals surface area (Å²) in [6, 6.07) is 0.